The van der Waals surface area contributed by atoms with Gasteiger partial charge in [-0.1, -0.05) is 30.3 Å². The minimum absolute atomic E-state index is 0.145. The van der Waals surface area contributed by atoms with Crippen LogP contribution in [-0.2, 0) is 11.3 Å². The lowest BCUT2D eigenvalue weighted by molar-refractivity contribution is -0.127. The number of hydrazine groups is 1. The molecule has 2 aromatic rings. The Morgan fingerprint density at radius 3 is 2.62 bits per heavy atom. The number of piperidine rings is 1. The molecule has 2 aliphatic heterocycles. The third kappa shape index (κ3) is 4.86. The van der Waals surface area contributed by atoms with Crippen LogP contribution in [0.1, 0.15) is 28.8 Å². The van der Waals surface area contributed by atoms with Gasteiger partial charge in [-0.2, -0.15) is 0 Å². The van der Waals surface area contributed by atoms with E-state index in [1.54, 1.807) is 18.2 Å². The molecule has 1 atom stereocenters. The van der Waals surface area contributed by atoms with Crippen molar-refractivity contribution in [3.63, 3.8) is 0 Å². The molecule has 7 nitrogen and oxygen atoms in total. The second-order valence-electron chi connectivity index (χ2n) is 7.36. The first-order valence-electron chi connectivity index (χ1n) is 9.95. The van der Waals surface area contributed by atoms with Crippen molar-refractivity contribution in [2.75, 3.05) is 26.3 Å². The number of likely N-dealkylation sites (tertiary alicyclic amines) is 1. The van der Waals surface area contributed by atoms with Gasteiger partial charge in [0, 0.05) is 18.7 Å². The number of hydrogen-bond acceptors (Lipinski definition) is 5. The number of rotatable bonds is 4. The molecule has 2 N–H and O–H groups in total. The highest BCUT2D eigenvalue weighted by molar-refractivity contribution is 5.96. The summed E-state index contributed by atoms with van der Waals surface area (Å²) in [7, 11) is 0. The van der Waals surface area contributed by atoms with Crippen LogP contribution in [0, 0.1) is 5.92 Å². The molecule has 4 rings (SSSR count). The van der Waals surface area contributed by atoms with Crippen molar-refractivity contribution < 1.29 is 19.1 Å². The highest BCUT2D eigenvalue weighted by Gasteiger charge is 2.26. The van der Waals surface area contributed by atoms with Gasteiger partial charge < -0.3 is 9.47 Å². The van der Waals surface area contributed by atoms with Gasteiger partial charge in [0.25, 0.3) is 5.91 Å². The number of carbonyl (C=O) groups excluding carboxylic acids is 2. The Bertz CT molecular complexity index is 872. The molecule has 0 spiro atoms. The van der Waals surface area contributed by atoms with E-state index in [9.17, 15) is 9.59 Å². The summed E-state index contributed by atoms with van der Waals surface area (Å²) in [5.74, 6) is 0.477. The Kier molecular flexibility index (Phi) is 5.95. The molecule has 2 heterocycles. The average Bonchev–Trinajstić information content (AvgIpc) is 2.77. The minimum Gasteiger partial charge on any atom is -0.486 e. The molecule has 7 heteroatoms. The predicted octanol–water partition coefficient (Wildman–Crippen LogP) is 2.13. The van der Waals surface area contributed by atoms with E-state index in [0.717, 1.165) is 25.9 Å². The Labute approximate surface area is 170 Å². The van der Waals surface area contributed by atoms with Crippen molar-refractivity contribution in [1.82, 2.24) is 15.8 Å². The maximum Gasteiger partial charge on any atom is 0.269 e. The Balaban J connectivity index is 1.29. The number of carbonyl (C=O) groups is 2. The van der Waals surface area contributed by atoms with E-state index in [1.807, 2.05) is 18.2 Å². The van der Waals surface area contributed by atoms with Gasteiger partial charge in [-0.05, 0) is 43.1 Å². The zero-order chi connectivity index (χ0) is 20.1. The summed E-state index contributed by atoms with van der Waals surface area (Å²) in [5, 5.41) is 0. The van der Waals surface area contributed by atoms with E-state index in [2.05, 4.69) is 27.9 Å². The topological polar surface area (TPSA) is 79.9 Å². The summed E-state index contributed by atoms with van der Waals surface area (Å²) in [4.78, 5) is 27.2. The fourth-order valence-corrected chi connectivity index (χ4v) is 3.73. The number of amides is 2. The van der Waals surface area contributed by atoms with Gasteiger partial charge >= 0.3 is 0 Å². The second-order valence-corrected chi connectivity index (χ2v) is 7.36. The maximum atomic E-state index is 12.6. The first-order valence-corrected chi connectivity index (χ1v) is 9.95. The number of fused-ring (bicyclic) bond motifs is 1. The predicted molar refractivity (Wildman–Crippen MR) is 107 cm³/mol. The normalized spacial score (nSPS) is 18.7. The smallest absolute Gasteiger partial charge is 0.269 e. The highest BCUT2D eigenvalue weighted by atomic mass is 16.6. The van der Waals surface area contributed by atoms with Gasteiger partial charge in [-0.15, -0.1) is 0 Å². The highest BCUT2D eigenvalue weighted by Crippen LogP contribution is 2.30. The Morgan fingerprint density at radius 1 is 1.00 bits per heavy atom. The third-order valence-corrected chi connectivity index (χ3v) is 5.23. The van der Waals surface area contributed by atoms with Crippen LogP contribution in [0.25, 0.3) is 0 Å². The lowest BCUT2D eigenvalue weighted by Crippen LogP contribution is -2.48. The van der Waals surface area contributed by atoms with Gasteiger partial charge in [0.05, 0.1) is 5.92 Å². The molecule has 152 valence electrons. The second kappa shape index (κ2) is 8.96. The molecule has 1 fully saturated rings. The molecule has 2 aliphatic rings. The van der Waals surface area contributed by atoms with Crippen molar-refractivity contribution in [2.24, 2.45) is 5.92 Å². The lowest BCUT2D eigenvalue weighted by Gasteiger charge is -2.32. The molecule has 0 saturated carbocycles. The third-order valence-electron chi connectivity index (χ3n) is 5.23. The average molecular weight is 395 g/mol. The van der Waals surface area contributed by atoms with E-state index in [-0.39, 0.29) is 17.7 Å². The molecule has 2 amide bonds. The summed E-state index contributed by atoms with van der Waals surface area (Å²) in [6, 6.07) is 15.2. The molecular weight excluding hydrogens is 370 g/mol. The zero-order valence-corrected chi connectivity index (χ0v) is 16.2. The number of benzene rings is 2. The van der Waals surface area contributed by atoms with E-state index < -0.39 is 0 Å². The van der Waals surface area contributed by atoms with E-state index >= 15 is 0 Å². The number of hydrogen-bond donors (Lipinski definition) is 2. The fraction of sp³-hybridized carbons (Fsp3) is 0.364. The summed E-state index contributed by atoms with van der Waals surface area (Å²) < 4.78 is 11.0. The van der Waals surface area contributed by atoms with E-state index in [4.69, 9.17) is 9.47 Å². The first-order chi connectivity index (χ1) is 14.2. The standard InChI is InChI=1S/C22H25N3O4/c26-21(17-8-9-19-20(13-17)29-12-11-28-19)23-24-22(27)18-7-4-10-25(15-18)14-16-5-2-1-3-6-16/h1-3,5-6,8-9,13,18H,4,7,10-12,14-15H2,(H,23,26)(H,24,27). The van der Waals surface area contributed by atoms with Crippen molar-refractivity contribution in [2.45, 2.75) is 19.4 Å². The largest absolute Gasteiger partial charge is 0.486 e. The molecular formula is C22H25N3O4. The minimum atomic E-state index is -0.382. The summed E-state index contributed by atoms with van der Waals surface area (Å²) in [6.45, 7) is 3.43. The molecule has 1 unspecified atom stereocenters. The molecule has 1 saturated heterocycles. The fourth-order valence-electron chi connectivity index (χ4n) is 3.73. The first kappa shape index (κ1) is 19.3. The zero-order valence-electron chi connectivity index (χ0n) is 16.2. The van der Waals surface area contributed by atoms with Crippen LogP contribution in [0.5, 0.6) is 11.5 Å². The maximum absolute atomic E-state index is 12.6. The van der Waals surface area contributed by atoms with Crippen molar-refractivity contribution in [3.05, 3.63) is 59.7 Å². The monoisotopic (exact) mass is 395 g/mol. The van der Waals surface area contributed by atoms with Crippen molar-refractivity contribution >= 4 is 11.8 Å². The van der Waals surface area contributed by atoms with E-state index in [1.165, 1.54) is 5.56 Å². The molecule has 2 aromatic carbocycles. The SMILES string of the molecule is O=C(NNC(=O)C1CCCN(Cc2ccccc2)C1)c1ccc2c(c1)OCCO2. The Hall–Kier alpha value is -3.06. The van der Waals surface area contributed by atoms with Crippen LogP contribution in [0.3, 0.4) is 0 Å². The number of nitrogens with zero attached hydrogens (tertiary/aromatic N) is 1. The number of ether oxygens (including phenoxy) is 2. The lowest BCUT2D eigenvalue weighted by atomic mass is 9.97. The summed E-state index contributed by atoms with van der Waals surface area (Å²) in [5.41, 5.74) is 6.73. The van der Waals surface area contributed by atoms with Crippen LogP contribution in [0.4, 0.5) is 0 Å². The van der Waals surface area contributed by atoms with Crippen molar-refractivity contribution in [3.8, 4) is 11.5 Å². The quantitative estimate of drug-likeness (QED) is 0.776. The van der Waals surface area contributed by atoms with Crippen LogP contribution < -0.4 is 20.3 Å². The van der Waals surface area contributed by atoms with Gasteiger partial charge in [-0.25, -0.2) is 0 Å². The van der Waals surface area contributed by atoms with Gasteiger partial charge in [0.2, 0.25) is 5.91 Å². The molecule has 29 heavy (non-hydrogen) atoms. The van der Waals surface area contributed by atoms with Gasteiger partial charge in [0.1, 0.15) is 13.2 Å². The summed E-state index contributed by atoms with van der Waals surface area (Å²) in [6.07, 6.45) is 1.78. The molecule has 0 aliphatic carbocycles. The van der Waals surface area contributed by atoms with Gasteiger partial charge in [-0.3, -0.25) is 25.3 Å². The van der Waals surface area contributed by atoms with Crippen LogP contribution >= 0.6 is 0 Å². The van der Waals surface area contributed by atoms with Gasteiger partial charge in [0.15, 0.2) is 11.5 Å². The van der Waals surface area contributed by atoms with Crippen LogP contribution in [0.2, 0.25) is 0 Å². The summed E-state index contributed by atoms with van der Waals surface area (Å²) >= 11 is 0. The Morgan fingerprint density at radius 2 is 1.79 bits per heavy atom. The van der Waals surface area contributed by atoms with E-state index in [0.29, 0.717) is 36.8 Å². The molecule has 0 aromatic heterocycles. The number of nitrogens with one attached hydrogen (secondary N) is 2. The van der Waals surface area contributed by atoms with Crippen LogP contribution in [-0.4, -0.2) is 43.0 Å². The molecule has 0 bridgehead atoms. The van der Waals surface area contributed by atoms with Crippen LogP contribution in [0.15, 0.2) is 48.5 Å². The molecule has 0 radical (unpaired) electrons. The van der Waals surface area contributed by atoms with Crippen molar-refractivity contribution in [1.29, 1.82) is 0 Å².